The van der Waals surface area contributed by atoms with Gasteiger partial charge >= 0.3 is 0 Å². The quantitative estimate of drug-likeness (QED) is 0.154. The van der Waals surface area contributed by atoms with Crippen LogP contribution in [0.3, 0.4) is 0 Å². The van der Waals surface area contributed by atoms with E-state index in [9.17, 15) is 0 Å². The maximum absolute atomic E-state index is 5.35. The van der Waals surface area contributed by atoms with E-state index < -0.39 is 0 Å². The van der Waals surface area contributed by atoms with E-state index >= 15 is 0 Å². The van der Waals surface area contributed by atoms with Gasteiger partial charge in [0.05, 0.1) is 33.5 Å². The predicted octanol–water partition coefficient (Wildman–Crippen LogP) is 14.9. The molecule has 0 unspecified atom stereocenters. The summed E-state index contributed by atoms with van der Waals surface area (Å²) in [5, 5.41) is 2.38. The molecule has 0 N–H and O–H groups in total. The van der Waals surface area contributed by atoms with Crippen molar-refractivity contribution in [3.63, 3.8) is 0 Å². The van der Waals surface area contributed by atoms with Crippen molar-refractivity contribution in [2.45, 2.75) is 0 Å². The standard InChI is InChI=1S/C56H38N4/c1-5-15-39(16-6-1)41-25-29-45(30-26-41)59(46-31-27-42(28-32-46)40-17-7-2-8-18-40)48-33-35-50-49-23-13-14-24-53(49)60(54(50)38-48)47-34-36-51-52(37-47)58-56(44-21-11-4-12-22-44)55(57-51)43-19-9-3-10-20-43/h1-38H. The number of anilines is 3. The molecule has 60 heavy (non-hydrogen) atoms. The van der Waals surface area contributed by atoms with Gasteiger partial charge in [0.15, 0.2) is 0 Å². The van der Waals surface area contributed by atoms with Crippen LogP contribution in [0.2, 0.25) is 0 Å². The molecule has 0 fully saturated rings. The molecule has 9 aromatic carbocycles. The molecule has 2 aromatic heterocycles. The normalized spacial score (nSPS) is 11.3. The Morgan fingerprint density at radius 2 is 0.733 bits per heavy atom. The molecule has 0 spiro atoms. The van der Waals surface area contributed by atoms with Crippen molar-refractivity contribution >= 4 is 49.9 Å². The molecule has 282 valence electrons. The van der Waals surface area contributed by atoms with Crippen LogP contribution in [0, 0.1) is 0 Å². The Kier molecular flexibility index (Phi) is 8.79. The summed E-state index contributed by atoms with van der Waals surface area (Å²) in [6.45, 7) is 0. The average Bonchev–Trinajstić information content (AvgIpc) is 3.66. The van der Waals surface area contributed by atoms with Gasteiger partial charge in [-0.05, 0) is 82.9 Å². The Labute approximate surface area is 348 Å². The molecule has 0 aliphatic carbocycles. The lowest BCUT2D eigenvalue weighted by Crippen LogP contribution is -2.10. The second kappa shape index (κ2) is 15.0. The van der Waals surface area contributed by atoms with Gasteiger partial charge in [-0.15, -0.1) is 0 Å². The van der Waals surface area contributed by atoms with Gasteiger partial charge in [-0.3, -0.25) is 0 Å². The highest BCUT2D eigenvalue weighted by atomic mass is 15.1. The van der Waals surface area contributed by atoms with E-state index in [1.165, 1.54) is 33.0 Å². The average molecular weight is 767 g/mol. The molecular weight excluding hydrogens is 729 g/mol. The molecule has 0 bridgehead atoms. The first-order valence-electron chi connectivity index (χ1n) is 20.3. The lowest BCUT2D eigenvalue weighted by atomic mass is 10.0. The number of hydrogen-bond donors (Lipinski definition) is 0. The van der Waals surface area contributed by atoms with Crippen LogP contribution in [0.4, 0.5) is 17.1 Å². The maximum atomic E-state index is 5.35. The first kappa shape index (κ1) is 35.1. The van der Waals surface area contributed by atoms with Crippen molar-refractivity contribution < 1.29 is 0 Å². The first-order valence-corrected chi connectivity index (χ1v) is 20.3. The van der Waals surface area contributed by atoms with Gasteiger partial charge in [0.2, 0.25) is 0 Å². The molecule has 4 heteroatoms. The van der Waals surface area contributed by atoms with Crippen LogP contribution >= 0.6 is 0 Å². The third kappa shape index (κ3) is 6.37. The van der Waals surface area contributed by atoms with Crippen molar-refractivity contribution in [2.24, 2.45) is 0 Å². The molecule has 11 rings (SSSR count). The largest absolute Gasteiger partial charge is 0.310 e. The third-order valence-corrected chi connectivity index (χ3v) is 11.4. The summed E-state index contributed by atoms with van der Waals surface area (Å²) in [4.78, 5) is 13.0. The van der Waals surface area contributed by atoms with Gasteiger partial charge < -0.3 is 9.47 Å². The van der Waals surface area contributed by atoms with E-state index in [2.05, 4.69) is 228 Å². The van der Waals surface area contributed by atoms with Gasteiger partial charge in [-0.1, -0.05) is 170 Å². The summed E-state index contributed by atoms with van der Waals surface area (Å²) in [5.74, 6) is 0. The number of hydrogen-bond acceptors (Lipinski definition) is 3. The number of fused-ring (bicyclic) bond motifs is 4. The van der Waals surface area contributed by atoms with Crippen molar-refractivity contribution in [1.82, 2.24) is 14.5 Å². The highest BCUT2D eigenvalue weighted by Crippen LogP contribution is 2.41. The van der Waals surface area contributed by atoms with Crippen molar-refractivity contribution in [1.29, 1.82) is 0 Å². The number of rotatable bonds is 8. The Bertz CT molecular complexity index is 3190. The smallest absolute Gasteiger partial charge is 0.0973 e. The van der Waals surface area contributed by atoms with Crippen molar-refractivity contribution in [3.8, 4) is 50.5 Å². The third-order valence-electron chi connectivity index (χ3n) is 11.4. The van der Waals surface area contributed by atoms with Crippen molar-refractivity contribution in [3.05, 3.63) is 231 Å². The molecule has 4 nitrogen and oxygen atoms in total. The minimum absolute atomic E-state index is 0.840. The van der Waals surface area contributed by atoms with Gasteiger partial charge in [0, 0.05) is 44.6 Å². The fraction of sp³-hybridized carbons (Fsp3) is 0. The van der Waals surface area contributed by atoms with Gasteiger partial charge in [-0.25, -0.2) is 9.97 Å². The summed E-state index contributed by atoms with van der Waals surface area (Å²) < 4.78 is 2.37. The molecule has 11 aromatic rings. The van der Waals surface area contributed by atoms with Crippen LogP contribution < -0.4 is 4.90 Å². The molecule has 0 atom stereocenters. The first-order chi connectivity index (χ1) is 29.7. The number of aromatic nitrogens is 3. The molecule has 0 radical (unpaired) electrons. The lowest BCUT2D eigenvalue weighted by molar-refractivity contribution is 1.17. The van der Waals surface area contributed by atoms with Crippen LogP contribution in [0.15, 0.2) is 231 Å². The lowest BCUT2D eigenvalue weighted by Gasteiger charge is -2.26. The fourth-order valence-electron chi connectivity index (χ4n) is 8.47. The van der Waals surface area contributed by atoms with Crippen LogP contribution in [0.25, 0.3) is 83.3 Å². The molecular formula is C56H38N4. The zero-order valence-electron chi connectivity index (χ0n) is 32.7. The second-order valence-electron chi connectivity index (χ2n) is 15.0. The summed E-state index contributed by atoms with van der Waals surface area (Å²) in [5.41, 5.74) is 16.7. The van der Waals surface area contributed by atoms with E-state index in [0.717, 1.165) is 67.3 Å². The van der Waals surface area contributed by atoms with Crippen molar-refractivity contribution in [2.75, 3.05) is 4.90 Å². The van der Waals surface area contributed by atoms with Gasteiger partial charge in [-0.2, -0.15) is 0 Å². The number of nitrogens with zero attached hydrogens (tertiary/aromatic N) is 4. The van der Waals surface area contributed by atoms with E-state index in [1.807, 2.05) is 12.1 Å². The topological polar surface area (TPSA) is 34.0 Å². The molecule has 0 saturated heterocycles. The monoisotopic (exact) mass is 766 g/mol. The van der Waals surface area contributed by atoms with E-state index in [-0.39, 0.29) is 0 Å². The highest BCUT2D eigenvalue weighted by molar-refractivity contribution is 6.10. The minimum Gasteiger partial charge on any atom is -0.310 e. The highest BCUT2D eigenvalue weighted by Gasteiger charge is 2.19. The van der Waals surface area contributed by atoms with Gasteiger partial charge in [0.25, 0.3) is 0 Å². The summed E-state index contributed by atoms with van der Waals surface area (Å²) in [6, 6.07) is 81.6. The summed E-state index contributed by atoms with van der Waals surface area (Å²) >= 11 is 0. The van der Waals surface area contributed by atoms with E-state index in [0.29, 0.717) is 0 Å². The Balaban J connectivity index is 1.08. The van der Waals surface area contributed by atoms with Crippen LogP contribution in [0.1, 0.15) is 0 Å². The minimum atomic E-state index is 0.840. The Morgan fingerprint density at radius 3 is 1.28 bits per heavy atom. The summed E-state index contributed by atoms with van der Waals surface area (Å²) in [6.07, 6.45) is 0. The summed E-state index contributed by atoms with van der Waals surface area (Å²) in [7, 11) is 0. The fourth-order valence-corrected chi connectivity index (χ4v) is 8.47. The van der Waals surface area contributed by atoms with Gasteiger partial charge in [0.1, 0.15) is 0 Å². The van der Waals surface area contributed by atoms with E-state index in [1.54, 1.807) is 0 Å². The number of para-hydroxylation sites is 1. The Morgan fingerprint density at radius 1 is 0.300 bits per heavy atom. The van der Waals surface area contributed by atoms with Crippen LogP contribution in [-0.2, 0) is 0 Å². The molecule has 0 amide bonds. The molecule has 0 saturated carbocycles. The second-order valence-corrected chi connectivity index (χ2v) is 15.0. The number of benzene rings is 9. The molecule has 0 aliphatic rings. The SMILES string of the molecule is c1ccc(-c2ccc(N(c3ccc(-c4ccccc4)cc3)c3ccc4c5ccccc5n(-c5ccc6nc(-c7ccccc7)c(-c7ccccc7)nc6c5)c4c3)cc2)cc1. The van der Waals surface area contributed by atoms with E-state index in [4.69, 9.17) is 9.97 Å². The maximum Gasteiger partial charge on any atom is 0.0973 e. The molecule has 2 heterocycles. The Hall–Kier alpha value is -8.08. The zero-order chi connectivity index (χ0) is 39.8. The molecule has 0 aliphatic heterocycles. The zero-order valence-corrected chi connectivity index (χ0v) is 32.7. The van der Waals surface area contributed by atoms with Crippen LogP contribution in [-0.4, -0.2) is 14.5 Å². The van der Waals surface area contributed by atoms with Crippen LogP contribution in [0.5, 0.6) is 0 Å². The predicted molar refractivity (Wildman–Crippen MR) is 250 cm³/mol.